The molecule has 0 unspecified atom stereocenters. The summed E-state index contributed by atoms with van der Waals surface area (Å²) < 4.78 is 38.6. The molecule has 2 aliphatic heterocycles. The number of hydrogen-bond acceptors (Lipinski definition) is 2. The molecular formula is C28H45F3N4. The van der Waals surface area contributed by atoms with Gasteiger partial charge in [0, 0.05) is 36.0 Å². The van der Waals surface area contributed by atoms with Gasteiger partial charge in [0.2, 0.25) is 13.1 Å². The molecule has 4 nitrogen and oxygen atoms in total. The summed E-state index contributed by atoms with van der Waals surface area (Å²) in [6, 6.07) is 0.904. The molecule has 0 atom stereocenters. The number of alkyl halides is 3. The topological polar surface area (TPSA) is 15.2 Å². The Balaban J connectivity index is 0.000000196. The molecule has 4 aliphatic rings. The summed E-state index contributed by atoms with van der Waals surface area (Å²) >= 11 is 0. The zero-order valence-electron chi connectivity index (χ0n) is 22.2. The third-order valence-electron chi connectivity index (χ3n) is 9.91. The highest BCUT2D eigenvalue weighted by molar-refractivity contribution is 4.99. The van der Waals surface area contributed by atoms with Crippen molar-refractivity contribution in [1.29, 1.82) is 0 Å². The average Bonchev–Trinajstić information content (AvgIpc) is 2.77. The fourth-order valence-electron chi connectivity index (χ4n) is 6.80. The van der Waals surface area contributed by atoms with Gasteiger partial charge in [-0.05, 0) is 63.2 Å². The van der Waals surface area contributed by atoms with Crippen LogP contribution in [0.15, 0.2) is 0 Å². The van der Waals surface area contributed by atoms with Crippen molar-refractivity contribution in [3.05, 3.63) is 22.8 Å². The fraction of sp³-hybridized carbons (Fsp3) is 0.929. The van der Waals surface area contributed by atoms with Crippen molar-refractivity contribution < 1.29 is 13.2 Å². The van der Waals surface area contributed by atoms with Crippen molar-refractivity contribution in [1.82, 2.24) is 9.80 Å². The molecule has 2 aliphatic carbocycles. The van der Waals surface area contributed by atoms with Crippen LogP contribution in [0, 0.1) is 35.8 Å². The Kier molecular flexibility index (Phi) is 9.20. The number of rotatable bonds is 6. The van der Waals surface area contributed by atoms with Crippen molar-refractivity contribution in [2.75, 3.05) is 39.3 Å². The molecule has 0 amide bonds. The average molecular weight is 495 g/mol. The maximum atomic E-state index is 12.9. The normalized spacial score (nSPS) is 35.9. The maximum Gasteiger partial charge on any atom is 0.272 e. The molecule has 35 heavy (non-hydrogen) atoms. The lowest BCUT2D eigenvalue weighted by Gasteiger charge is -2.48. The Morgan fingerprint density at radius 1 is 0.743 bits per heavy atom. The monoisotopic (exact) mass is 494 g/mol. The Morgan fingerprint density at radius 2 is 1.11 bits per heavy atom. The quantitative estimate of drug-likeness (QED) is 0.387. The second kappa shape index (κ2) is 11.4. The van der Waals surface area contributed by atoms with Crippen molar-refractivity contribution in [3.8, 4) is 0 Å². The molecule has 7 heteroatoms. The van der Waals surface area contributed by atoms with Gasteiger partial charge in [0.05, 0.1) is 13.1 Å². The molecule has 0 bridgehead atoms. The van der Waals surface area contributed by atoms with Gasteiger partial charge in [-0.2, -0.15) is 0 Å². The van der Waals surface area contributed by atoms with Gasteiger partial charge in [-0.1, -0.05) is 27.7 Å². The van der Waals surface area contributed by atoms with Crippen molar-refractivity contribution in [2.45, 2.75) is 103 Å². The number of likely N-dealkylation sites (tertiary alicyclic amines) is 2. The molecular weight excluding hydrogens is 449 g/mol. The minimum atomic E-state index is -2.46. The molecule has 0 radical (unpaired) electrons. The third kappa shape index (κ3) is 6.53. The summed E-state index contributed by atoms with van der Waals surface area (Å²) in [5.41, 5.74) is 0.365. The van der Waals surface area contributed by atoms with Crippen LogP contribution in [-0.4, -0.2) is 73.2 Å². The summed E-state index contributed by atoms with van der Waals surface area (Å²) in [5.74, 6) is -1.36. The molecule has 4 rings (SSSR count). The van der Waals surface area contributed by atoms with Crippen LogP contribution < -0.4 is 0 Å². The minimum Gasteiger partial charge on any atom is -0.316 e. The molecule has 0 aromatic heterocycles. The van der Waals surface area contributed by atoms with Gasteiger partial charge in [0.1, 0.15) is 6.17 Å². The predicted molar refractivity (Wildman–Crippen MR) is 135 cm³/mol. The van der Waals surface area contributed by atoms with Crippen LogP contribution in [0.2, 0.25) is 0 Å². The van der Waals surface area contributed by atoms with Crippen LogP contribution in [0.25, 0.3) is 9.69 Å². The Labute approximate surface area is 211 Å². The van der Waals surface area contributed by atoms with E-state index in [9.17, 15) is 13.2 Å². The Bertz CT molecular complexity index is 754. The van der Waals surface area contributed by atoms with Gasteiger partial charge < -0.3 is 9.69 Å². The summed E-state index contributed by atoms with van der Waals surface area (Å²) in [7, 11) is 0. The van der Waals surface area contributed by atoms with E-state index >= 15 is 0 Å². The summed E-state index contributed by atoms with van der Waals surface area (Å²) in [6.45, 7) is 25.5. The second-order valence-corrected chi connectivity index (χ2v) is 12.4. The number of hydrogen-bond donors (Lipinski definition) is 0. The summed E-state index contributed by atoms with van der Waals surface area (Å²) in [6.07, 6.45) is 7.99. The lowest BCUT2D eigenvalue weighted by Crippen LogP contribution is -2.61. The zero-order chi connectivity index (χ0) is 25.9. The lowest BCUT2D eigenvalue weighted by molar-refractivity contribution is -0.153. The first-order valence-corrected chi connectivity index (χ1v) is 13.6. The third-order valence-corrected chi connectivity index (χ3v) is 9.91. The summed E-state index contributed by atoms with van der Waals surface area (Å²) in [5, 5.41) is 0. The predicted octanol–water partition coefficient (Wildman–Crippen LogP) is 6.59. The van der Waals surface area contributed by atoms with Gasteiger partial charge in [-0.25, -0.2) is 26.3 Å². The van der Waals surface area contributed by atoms with E-state index in [1.807, 2.05) is 4.90 Å². The van der Waals surface area contributed by atoms with Gasteiger partial charge in [-0.15, -0.1) is 0 Å². The highest BCUT2D eigenvalue weighted by Gasteiger charge is 2.49. The van der Waals surface area contributed by atoms with Gasteiger partial charge in [0.15, 0.2) is 0 Å². The second-order valence-electron chi connectivity index (χ2n) is 12.4. The fourth-order valence-corrected chi connectivity index (χ4v) is 6.80. The SMILES string of the molecule is [C-]#[N+]CC1(C(C)C)CCC(N2CC(F)(F)C2)CC1.[C-]#[N+]CC1(C(C)C)CCC(N2CC(F)C2)CC1. The highest BCUT2D eigenvalue weighted by atomic mass is 19.3. The molecule has 4 fully saturated rings. The van der Waals surface area contributed by atoms with E-state index in [1.54, 1.807) is 0 Å². The van der Waals surface area contributed by atoms with Crippen LogP contribution in [-0.2, 0) is 0 Å². The number of halogens is 3. The molecule has 0 aromatic rings. The first-order valence-electron chi connectivity index (χ1n) is 13.6. The summed E-state index contributed by atoms with van der Waals surface area (Å²) in [4.78, 5) is 11.4. The lowest BCUT2D eigenvalue weighted by atomic mass is 9.65. The Morgan fingerprint density at radius 3 is 1.40 bits per heavy atom. The standard InChI is InChI=1S/C14H22F2N2.C14H23FN2/c1-11(2)13(8-17-3)6-4-12(5-7-13)18-9-14(15,16)10-18;1-11(2)14(10-16-3)6-4-13(5-7-14)17-8-12(15)9-17/h11-12H,4-10H2,1-2H3;11-13H,4-10H2,1-2H3. The first-order chi connectivity index (χ1) is 16.5. The molecule has 2 heterocycles. The minimum absolute atomic E-state index is 0.0604. The van der Waals surface area contributed by atoms with Gasteiger partial charge in [-0.3, -0.25) is 9.80 Å². The smallest absolute Gasteiger partial charge is 0.272 e. The molecule has 0 N–H and O–H groups in total. The van der Waals surface area contributed by atoms with E-state index in [1.165, 1.54) is 0 Å². The van der Waals surface area contributed by atoms with E-state index in [0.717, 1.165) is 51.4 Å². The van der Waals surface area contributed by atoms with Crippen molar-refractivity contribution in [2.24, 2.45) is 22.7 Å². The van der Waals surface area contributed by atoms with Crippen LogP contribution in [0.1, 0.15) is 79.1 Å². The first kappa shape index (κ1) is 28.3. The van der Waals surface area contributed by atoms with E-state index in [4.69, 9.17) is 13.1 Å². The van der Waals surface area contributed by atoms with Crippen LogP contribution in [0.4, 0.5) is 13.2 Å². The van der Waals surface area contributed by atoms with Crippen LogP contribution in [0.3, 0.4) is 0 Å². The molecule has 0 spiro atoms. The molecule has 2 saturated carbocycles. The van der Waals surface area contributed by atoms with E-state index in [0.29, 0.717) is 50.1 Å². The molecule has 2 saturated heterocycles. The highest BCUT2D eigenvalue weighted by Crippen LogP contribution is 2.46. The van der Waals surface area contributed by atoms with E-state index in [-0.39, 0.29) is 23.9 Å². The molecule has 0 aromatic carbocycles. The Hall–Kier alpha value is -1.31. The zero-order valence-corrected chi connectivity index (χ0v) is 22.2. The largest absolute Gasteiger partial charge is 0.316 e. The van der Waals surface area contributed by atoms with E-state index < -0.39 is 12.1 Å². The molecule has 198 valence electrons. The van der Waals surface area contributed by atoms with Gasteiger partial charge in [0.25, 0.3) is 5.92 Å². The van der Waals surface area contributed by atoms with Crippen LogP contribution >= 0.6 is 0 Å². The van der Waals surface area contributed by atoms with Gasteiger partial charge >= 0.3 is 0 Å². The van der Waals surface area contributed by atoms with Crippen LogP contribution in [0.5, 0.6) is 0 Å². The van der Waals surface area contributed by atoms with Crippen molar-refractivity contribution >= 4 is 0 Å². The maximum absolute atomic E-state index is 12.9. The number of nitrogens with zero attached hydrogens (tertiary/aromatic N) is 4. The van der Waals surface area contributed by atoms with Crippen molar-refractivity contribution in [3.63, 3.8) is 0 Å². The van der Waals surface area contributed by atoms with E-state index in [2.05, 4.69) is 42.3 Å².